The molecule has 1 atom stereocenters. The fourth-order valence-electron chi connectivity index (χ4n) is 0.919. The van der Waals surface area contributed by atoms with Crippen LogP contribution in [0.5, 0.6) is 5.75 Å². The number of hydrogen-bond acceptors (Lipinski definition) is 2. The van der Waals surface area contributed by atoms with Crippen LogP contribution in [0.15, 0.2) is 16.6 Å². The molecule has 0 bridgehead atoms. The maximum atomic E-state index is 9.32. The SMILES string of the molecule is CCC(O)COc1cc(Cl)c(Br)cc1Cl. The van der Waals surface area contributed by atoms with E-state index >= 15 is 0 Å². The molecule has 0 aliphatic carbocycles. The van der Waals surface area contributed by atoms with E-state index < -0.39 is 6.10 Å². The largest absolute Gasteiger partial charge is 0.489 e. The number of aliphatic hydroxyl groups is 1. The van der Waals surface area contributed by atoms with Gasteiger partial charge in [-0.05, 0) is 28.4 Å². The van der Waals surface area contributed by atoms with Gasteiger partial charge in [-0.2, -0.15) is 0 Å². The fourth-order valence-corrected chi connectivity index (χ4v) is 1.77. The molecule has 0 aromatic heterocycles. The van der Waals surface area contributed by atoms with E-state index in [1.165, 1.54) is 0 Å². The molecule has 0 heterocycles. The summed E-state index contributed by atoms with van der Waals surface area (Å²) in [5.74, 6) is 0.484. The Morgan fingerprint density at radius 3 is 2.67 bits per heavy atom. The summed E-state index contributed by atoms with van der Waals surface area (Å²) in [6.45, 7) is 2.10. The first kappa shape index (κ1) is 13.1. The van der Waals surface area contributed by atoms with Crippen molar-refractivity contribution in [2.45, 2.75) is 19.4 Å². The number of halogens is 3. The zero-order valence-corrected chi connectivity index (χ0v) is 11.2. The third-order valence-corrected chi connectivity index (χ3v) is 3.37. The Balaban J connectivity index is 2.73. The topological polar surface area (TPSA) is 29.5 Å². The van der Waals surface area contributed by atoms with E-state index in [9.17, 15) is 5.11 Å². The van der Waals surface area contributed by atoms with Gasteiger partial charge in [-0.1, -0.05) is 30.1 Å². The van der Waals surface area contributed by atoms with Crippen molar-refractivity contribution >= 4 is 39.1 Å². The molecule has 1 aromatic rings. The molecule has 1 rings (SSSR count). The van der Waals surface area contributed by atoms with Crippen molar-refractivity contribution in [1.29, 1.82) is 0 Å². The van der Waals surface area contributed by atoms with Crippen molar-refractivity contribution in [3.05, 3.63) is 26.7 Å². The van der Waals surface area contributed by atoms with Crippen LogP contribution in [0.1, 0.15) is 13.3 Å². The minimum Gasteiger partial charge on any atom is -0.489 e. The summed E-state index contributed by atoms with van der Waals surface area (Å²) in [5, 5.41) is 10.3. The second-order valence-corrected chi connectivity index (χ2v) is 4.74. The third kappa shape index (κ3) is 3.83. The molecule has 1 aromatic carbocycles. The van der Waals surface area contributed by atoms with Gasteiger partial charge in [-0.15, -0.1) is 0 Å². The number of ether oxygens (including phenoxy) is 1. The molecule has 0 saturated carbocycles. The van der Waals surface area contributed by atoms with Gasteiger partial charge in [0.15, 0.2) is 0 Å². The highest BCUT2D eigenvalue weighted by molar-refractivity contribution is 9.10. The average Bonchev–Trinajstić information content (AvgIpc) is 2.21. The minimum atomic E-state index is -0.483. The molecule has 0 spiro atoms. The maximum Gasteiger partial charge on any atom is 0.139 e. The van der Waals surface area contributed by atoms with Crippen molar-refractivity contribution in [3.8, 4) is 5.75 Å². The first-order valence-corrected chi connectivity index (χ1v) is 6.05. The van der Waals surface area contributed by atoms with Crippen molar-refractivity contribution < 1.29 is 9.84 Å². The summed E-state index contributed by atoms with van der Waals surface area (Å²) >= 11 is 15.1. The van der Waals surface area contributed by atoms with Crippen molar-refractivity contribution in [3.63, 3.8) is 0 Å². The average molecular weight is 314 g/mol. The molecule has 5 heteroatoms. The molecule has 0 saturated heterocycles. The van der Waals surface area contributed by atoms with Crippen LogP contribution in [0.3, 0.4) is 0 Å². The predicted octanol–water partition coefficient (Wildman–Crippen LogP) is 3.91. The zero-order valence-electron chi connectivity index (χ0n) is 8.14. The van der Waals surface area contributed by atoms with E-state index in [-0.39, 0.29) is 6.61 Å². The molecule has 0 aliphatic heterocycles. The van der Waals surface area contributed by atoms with Gasteiger partial charge in [0.05, 0.1) is 16.1 Å². The Hall–Kier alpha value is 0.0400. The minimum absolute atomic E-state index is 0.216. The summed E-state index contributed by atoms with van der Waals surface area (Å²) in [7, 11) is 0. The summed E-state index contributed by atoms with van der Waals surface area (Å²) in [6, 6.07) is 3.29. The van der Waals surface area contributed by atoms with Gasteiger partial charge in [0.2, 0.25) is 0 Å². The lowest BCUT2D eigenvalue weighted by molar-refractivity contribution is 0.104. The lowest BCUT2D eigenvalue weighted by atomic mass is 10.3. The van der Waals surface area contributed by atoms with Gasteiger partial charge >= 0.3 is 0 Å². The lowest BCUT2D eigenvalue weighted by Gasteiger charge is -2.12. The second-order valence-electron chi connectivity index (χ2n) is 3.07. The highest BCUT2D eigenvalue weighted by Gasteiger charge is 2.08. The number of hydrogen-bond donors (Lipinski definition) is 1. The third-order valence-electron chi connectivity index (χ3n) is 1.88. The Morgan fingerprint density at radius 2 is 2.07 bits per heavy atom. The first-order chi connectivity index (χ1) is 7.04. The quantitative estimate of drug-likeness (QED) is 0.854. The molecule has 15 heavy (non-hydrogen) atoms. The summed E-state index contributed by atoms with van der Waals surface area (Å²) in [6.07, 6.45) is 0.158. The molecule has 0 aliphatic rings. The monoisotopic (exact) mass is 312 g/mol. The van der Waals surface area contributed by atoms with Crippen LogP contribution in [-0.2, 0) is 0 Å². The Labute approximate surface area is 107 Å². The molecule has 84 valence electrons. The van der Waals surface area contributed by atoms with E-state index in [1.54, 1.807) is 12.1 Å². The second kappa shape index (κ2) is 5.94. The maximum absolute atomic E-state index is 9.32. The van der Waals surface area contributed by atoms with Crippen molar-refractivity contribution in [2.24, 2.45) is 0 Å². The molecule has 0 radical (unpaired) electrons. The summed E-state index contributed by atoms with van der Waals surface area (Å²) < 4.78 is 6.06. The molecule has 0 amide bonds. The Morgan fingerprint density at radius 1 is 1.40 bits per heavy atom. The van der Waals surface area contributed by atoms with Crippen LogP contribution in [0, 0.1) is 0 Å². The van der Waals surface area contributed by atoms with E-state index in [0.29, 0.717) is 22.2 Å². The van der Waals surface area contributed by atoms with Gasteiger partial charge in [-0.3, -0.25) is 0 Å². The van der Waals surface area contributed by atoms with Gasteiger partial charge in [-0.25, -0.2) is 0 Å². The van der Waals surface area contributed by atoms with Gasteiger partial charge in [0.25, 0.3) is 0 Å². The van der Waals surface area contributed by atoms with Crippen molar-refractivity contribution in [1.82, 2.24) is 0 Å². The number of aliphatic hydroxyl groups excluding tert-OH is 1. The fraction of sp³-hybridized carbons (Fsp3) is 0.400. The van der Waals surface area contributed by atoms with Gasteiger partial charge in [0.1, 0.15) is 12.4 Å². The van der Waals surface area contributed by atoms with Crippen LogP contribution >= 0.6 is 39.1 Å². The van der Waals surface area contributed by atoms with Gasteiger partial charge < -0.3 is 9.84 Å². The normalized spacial score (nSPS) is 12.6. The molecule has 0 fully saturated rings. The van der Waals surface area contributed by atoms with Crippen LogP contribution < -0.4 is 4.74 Å². The van der Waals surface area contributed by atoms with E-state index in [1.807, 2.05) is 6.92 Å². The lowest BCUT2D eigenvalue weighted by Crippen LogP contribution is -2.16. The molecule has 1 unspecified atom stereocenters. The summed E-state index contributed by atoms with van der Waals surface area (Å²) in [4.78, 5) is 0. The first-order valence-electron chi connectivity index (χ1n) is 4.50. The van der Waals surface area contributed by atoms with Crippen LogP contribution in [0.4, 0.5) is 0 Å². The molecule has 1 N–H and O–H groups in total. The van der Waals surface area contributed by atoms with E-state index in [4.69, 9.17) is 27.9 Å². The Kier molecular flexibility index (Phi) is 5.19. The van der Waals surface area contributed by atoms with Crippen LogP contribution in [-0.4, -0.2) is 17.8 Å². The number of rotatable bonds is 4. The van der Waals surface area contributed by atoms with Crippen molar-refractivity contribution in [2.75, 3.05) is 6.61 Å². The molecule has 2 nitrogen and oxygen atoms in total. The van der Waals surface area contributed by atoms with E-state index in [2.05, 4.69) is 15.9 Å². The van der Waals surface area contributed by atoms with Gasteiger partial charge in [0, 0.05) is 10.5 Å². The standard InChI is InChI=1S/C10H11BrCl2O2/c1-2-6(14)5-15-10-4-8(12)7(11)3-9(10)13/h3-4,6,14H,2,5H2,1H3. The van der Waals surface area contributed by atoms with Crippen LogP contribution in [0.2, 0.25) is 10.0 Å². The van der Waals surface area contributed by atoms with Crippen LogP contribution in [0.25, 0.3) is 0 Å². The number of benzene rings is 1. The Bertz CT molecular complexity index is 344. The highest BCUT2D eigenvalue weighted by atomic mass is 79.9. The molecular weight excluding hydrogens is 303 g/mol. The predicted molar refractivity (Wildman–Crippen MR) is 66.0 cm³/mol. The van der Waals surface area contributed by atoms with E-state index in [0.717, 1.165) is 4.47 Å². The zero-order chi connectivity index (χ0) is 11.4. The molecular formula is C10H11BrCl2O2. The smallest absolute Gasteiger partial charge is 0.139 e. The summed E-state index contributed by atoms with van der Waals surface area (Å²) in [5.41, 5.74) is 0. The highest BCUT2D eigenvalue weighted by Crippen LogP contribution is 2.34.